The van der Waals surface area contributed by atoms with Crippen LogP contribution in [-0.4, -0.2) is 30.1 Å². The third kappa shape index (κ3) is 2.82. The van der Waals surface area contributed by atoms with Gasteiger partial charge in [-0.2, -0.15) is 0 Å². The molecule has 1 saturated heterocycles. The first-order chi connectivity index (χ1) is 8.00. The van der Waals surface area contributed by atoms with Gasteiger partial charge in [0.05, 0.1) is 0 Å². The molecule has 0 amide bonds. The molecule has 1 atom stereocenters. The Kier molecular flexibility index (Phi) is 3.76. The number of piperazine rings is 1. The maximum Gasteiger partial charge on any atom is 0.0406 e. The molecule has 0 saturated carbocycles. The fourth-order valence-electron chi connectivity index (χ4n) is 2.64. The predicted molar refractivity (Wildman–Crippen MR) is 73.5 cm³/mol. The highest BCUT2D eigenvalue weighted by Gasteiger charge is 2.33. The van der Waals surface area contributed by atoms with Gasteiger partial charge < -0.3 is 5.32 Å². The zero-order valence-electron chi connectivity index (χ0n) is 10.8. The second kappa shape index (κ2) is 4.97. The molecule has 0 radical (unpaired) electrons. The van der Waals surface area contributed by atoms with Crippen molar-refractivity contribution < 1.29 is 0 Å². The molecule has 2 nitrogen and oxygen atoms in total. The van der Waals surface area contributed by atoms with Crippen molar-refractivity contribution in [3.05, 3.63) is 34.9 Å². The Balaban J connectivity index is 2.18. The molecule has 0 spiro atoms. The Morgan fingerprint density at radius 2 is 1.94 bits per heavy atom. The van der Waals surface area contributed by atoms with E-state index in [-0.39, 0.29) is 5.54 Å². The molecule has 1 fully saturated rings. The average Bonchev–Trinajstić information content (AvgIpc) is 2.28. The molecule has 2 rings (SSSR count). The molecule has 1 aliphatic rings. The highest BCUT2D eigenvalue weighted by Crippen LogP contribution is 2.29. The van der Waals surface area contributed by atoms with Crippen molar-refractivity contribution in [1.29, 1.82) is 0 Å². The summed E-state index contributed by atoms with van der Waals surface area (Å²) in [5.74, 6) is 0. The summed E-state index contributed by atoms with van der Waals surface area (Å²) in [5.41, 5.74) is 1.54. The number of nitrogens with one attached hydrogen (secondary N) is 1. The standard InChI is InChI=1S/C14H21ClN2/c1-11(12-4-6-13(15)7-5-12)17-9-8-16-10-14(17,2)3/h4-7,11,16H,8-10H2,1-3H3. The molecule has 0 bridgehead atoms. The minimum atomic E-state index is 0.206. The number of rotatable bonds is 2. The molecule has 1 N–H and O–H groups in total. The van der Waals surface area contributed by atoms with Gasteiger partial charge in [-0.25, -0.2) is 0 Å². The van der Waals surface area contributed by atoms with Crippen LogP contribution in [0.2, 0.25) is 5.02 Å². The molecular weight excluding hydrogens is 232 g/mol. The summed E-state index contributed by atoms with van der Waals surface area (Å²) in [5, 5.41) is 4.26. The van der Waals surface area contributed by atoms with Gasteiger partial charge in [-0.1, -0.05) is 23.7 Å². The minimum absolute atomic E-state index is 0.206. The lowest BCUT2D eigenvalue weighted by atomic mass is 9.95. The number of hydrogen-bond acceptors (Lipinski definition) is 2. The van der Waals surface area contributed by atoms with Crippen LogP contribution >= 0.6 is 11.6 Å². The Morgan fingerprint density at radius 3 is 2.53 bits per heavy atom. The largest absolute Gasteiger partial charge is 0.314 e. The van der Waals surface area contributed by atoms with E-state index in [4.69, 9.17) is 11.6 Å². The molecular formula is C14H21ClN2. The maximum absolute atomic E-state index is 5.93. The number of halogens is 1. The van der Waals surface area contributed by atoms with E-state index < -0.39 is 0 Å². The van der Waals surface area contributed by atoms with Gasteiger partial charge in [0.2, 0.25) is 0 Å². The zero-order chi connectivity index (χ0) is 12.5. The minimum Gasteiger partial charge on any atom is -0.314 e. The van der Waals surface area contributed by atoms with Crippen LogP contribution in [0, 0.1) is 0 Å². The van der Waals surface area contributed by atoms with E-state index in [9.17, 15) is 0 Å². The lowest BCUT2D eigenvalue weighted by Gasteiger charge is -2.46. The second-order valence-electron chi connectivity index (χ2n) is 5.41. The lowest BCUT2D eigenvalue weighted by Crippen LogP contribution is -2.58. The number of nitrogens with zero attached hydrogens (tertiary/aromatic N) is 1. The molecule has 94 valence electrons. The monoisotopic (exact) mass is 252 g/mol. The Bertz CT molecular complexity index is 372. The smallest absolute Gasteiger partial charge is 0.0406 e. The summed E-state index contributed by atoms with van der Waals surface area (Å²) in [6.07, 6.45) is 0. The van der Waals surface area contributed by atoms with E-state index in [1.807, 2.05) is 12.1 Å². The van der Waals surface area contributed by atoms with Crippen LogP contribution in [0.3, 0.4) is 0 Å². The van der Waals surface area contributed by atoms with Crippen LogP contribution in [0.1, 0.15) is 32.4 Å². The van der Waals surface area contributed by atoms with Gasteiger partial charge >= 0.3 is 0 Å². The first kappa shape index (κ1) is 12.9. The molecule has 1 heterocycles. The van der Waals surface area contributed by atoms with Crippen molar-refractivity contribution >= 4 is 11.6 Å². The Labute approximate surface area is 109 Å². The second-order valence-corrected chi connectivity index (χ2v) is 5.85. The summed E-state index contributed by atoms with van der Waals surface area (Å²) in [4.78, 5) is 2.56. The number of benzene rings is 1. The van der Waals surface area contributed by atoms with Crippen molar-refractivity contribution in [1.82, 2.24) is 10.2 Å². The van der Waals surface area contributed by atoms with E-state index in [1.54, 1.807) is 0 Å². The van der Waals surface area contributed by atoms with Crippen molar-refractivity contribution in [2.75, 3.05) is 19.6 Å². The Morgan fingerprint density at radius 1 is 1.29 bits per heavy atom. The number of hydrogen-bond donors (Lipinski definition) is 1. The van der Waals surface area contributed by atoms with Gasteiger partial charge in [-0.3, -0.25) is 4.90 Å². The molecule has 1 aromatic carbocycles. The van der Waals surface area contributed by atoms with Crippen molar-refractivity contribution in [2.45, 2.75) is 32.4 Å². The van der Waals surface area contributed by atoms with Crippen LogP contribution < -0.4 is 5.32 Å². The highest BCUT2D eigenvalue weighted by molar-refractivity contribution is 6.30. The van der Waals surface area contributed by atoms with E-state index in [0.29, 0.717) is 6.04 Å². The molecule has 0 aromatic heterocycles. The summed E-state index contributed by atoms with van der Waals surface area (Å²) in [6, 6.07) is 8.64. The summed E-state index contributed by atoms with van der Waals surface area (Å²) in [6.45, 7) is 10.1. The van der Waals surface area contributed by atoms with Crippen LogP contribution in [0.15, 0.2) is 24.3 Å². The third-order valence-electron chi connectivity index (χ3n) is 3.68. The van der Waals surface area contributed by atoms with E-state index in [0.717, 1.165) is 24.7 Å². The van der Waals surface area contributed by atoms with Crippen molar-refractivity contribution in [3.8, 4) is 0 Å². The van der Waals surface area contributed by atoms with E-state index in [1.165, 1.54) is 5.56 Å². The quantitative estimate of drug-likeness (QED) is 0.870. The summed E-state index contributed by atoms with van der Waals surface area (Å²) >= 11 is 5.93. The molecule has 0 aliphatic carbocycles. The third-order valence-corrected chi connectivity index (χ3v) is 3.94. The van der Waals surface area contributed by atoms with Gasteiger partial charge in [0.15, 0.2) is 0 Å². The molecule has 1 unspecified atom stereocenters. The first-order valence-electron chi connectivity index (χ1n) is 6.24. The van der Waals surface area contributed by atoms with Crippen LogP contribution in [0.5, 0.6) is 0 Å². The molecule has 1 aromatic rings. The first-order valence-corrected chi connectivity index (χ1v) is 6.61. The fraction of sp³-hybridized carbons (Fsp3) is 0.571. The normalized spacial score (nSPS) is 22.4. The van der Waals surface area contributed by atoms with Crippen LogP contribution in [-0.2, 0) is 0 Å². The predicted octanol–water partition coefficient (Wildman–Crippen LogP) is 3.08. The van der Waals surface area contributed by atoms with Gasteiger partial charge in [0, 0.05) is 36.2 Å². The lowest BCUT2D eigenvalue weighted by molar-refractivity contribution is 0.0517. The van der Waals surface area contributed by atoms with Gasteiger partial charge in [0.1, 0.15) is 0 Å². The van der Waals surface area contributed by atoms with Gasteiger partial charge in [-0.15, -0.1) is 0 Å². The van der Waals surface area contributed by atoms with E-state index in [2.05, 4.69) is 43.1 Å². The molecule has 3 heteroatoms. The Hall–Kier alpha value is -0.570. The molecule has 1 aliphatic heterocycles. The SMILES string of the molecule is CC(c1ccc(Cl)cc1)N1CCNCC1(C)C. The average molecular weight is 253 g/mol. The van der Waals surface area contributed by atoms with Gasteiger partial charge in [0.25, 0.3) is 0 Å². The van der Waals surface area contributed by atoms with Crippen LogP contribution in [0.4, 0.5) is 0 Å². The van der Waals surface area contributed by atoms with Crippen LogP contribution in [0.25, 0.3) is 0 Å². The van der Waals surface area contributed by atoms with Crippen molar-refractivity contribution in [3.63, 3.8) is 0 Å². The summed E-state index contributed by atoms with van der Waals surface area (Å²) < 4.78 is 0. The topological polar surface area (TPSA) is 15.3 Å². The zero-order valence-corrected chi connectivity index (χ0v) is 11.6. The maximum atomic E-state index is 5.93. The van der Waals surface area contributed by atoms with Gasteiger partial charge in [-0.05, 0) is 38.5 Å². The van der Waals surface area contributed by atoms with E-state index >= 15 is 0 Å². The fourth-order valence-corrected chi connectivity index (χ4v) is 2.76. The summed E-state index contributed by atoms with van der Waals surface area (Å²) in [7, 11) is 0. The highest BCUT2D eigenvalue weighted by atomic mass is 35.5. The van der Waals surface area contributed by atoms with Crippen molar-refractivity contribution in [2.24, 2.45) is 0 Å². The molecule has 17 heavy (non-hydrogen) atoms.